The average Bonchev–Trinajstić information content (AvgIpc) is 2.03. The van der Waals surface area contributed by atoms with Crippen LogP contribution < -0.4 is 5.73 Å². The first-order valence-corrected chi connectivity index (χ1v) is 3.49. The van der Waals surface area contributed by atoms with Crippen molar-refractivity contribution in [3.8, 4) is 6.07 Å². The van der Waals surface area contributed by atoms with Crippen molar-refractivity contribution in [2.24, 2.45) is 0 Å². The third kappa shape index (κ3) is 1.28. The predicted molar refractivity (Wildman–Crippen MR) is 48.2 cm³/mol. The van der Waals surface area contributed by atoms with Crippen molar-refractivity contribution in [2.45, 2.75) is 6.92 Å². The van der Waals surface area contributed by atoms with Crippen molar-refractivity contribution in [3.05, 3.63) is 28.8 Å². The Bertz CT molecular complexity index is 361. The third-order valence-corrected chi connectivity index (χ3v) is 1.62. The molecule has 0 radical (unpaired) electrons. The fourth-order valence-electron chi connectivity index (χ4n) is 1.08. The van der Waals surface area contributed by atoms with Gasteiger partial charge in [-0.15, -0.1) is 0 Å². The minimum atomic E-state index is 0.461. The van der Waals surface area contributed by atoms with Crippen molar-refractivity contribution >= 4 is 11.9 Å². The molecule has 0 bridgehead atoms. The second kappa shape index (κ2) is 3.05. The summed E-state index contributed by atoms with van der Waals surface area (Å²) in [6.45, 7) is 1.87. The maximum absolute atomic E-state index is 8.69. The Morgan fingerprint density at radius 2 is 2.25 bits per heavy atom. The molecule has 1 aromatic rings. The minimum absolute atomic E-state index is 0.461. The minimum Gasteiger partial charge on any atom is -0.398 e. The molecule has 0 aromatic heterocycles. The van der Waals surface area contributed by atoms with E-state index in [1.165, 1.54) is 0 Å². The monoisotopic (exact) mass is 159 g/mol. The van der Waals surface area contributed by atoms with E-state index in [1.807, 2.05) is 13.0 Å². The number of benzene rings is 1. The van der Waals surface area contributed by atoms with Gasteiger partial charge in [-0.1, -0.05) is 0 Å². The van der Waals surface area contributed by atoms with Gasteiger partial charge in [-0.3, -0.25) is 0 Å². The molecule has 0 heterocycles. The number of anilines is 1. The molecule has 0 saturated heterocycles. The summed E-state index contributed by atoms with van der Waals surface area (Å²) in [6, 6.07) is 5.47. The van der Waals surface area contributed by atoms with Gasteiger partial charge in [0.1, 0.15) is 0 Å². The van der Waals surface area contributed by atoms with E-state index in [0.717, 1.165) is 11.8 Å². The van der Waals surface area contributed by atoms with E-state index in [1.54, 1.807) is 12.1 Å². The highest BCUT2D eigenvalue weighted by atomic mass is 14.6. The van der Waals surface area contributed by atoms with Crippen molar-refractivity contribution < 1.29 is 0 Å². The Hall–Kier alpha value is -1.82. The van der Waals surface area contributed by atoms with Crippen LogP contribution in [0.4, 0.5) is 5.69 Å². The molecule has 60 valence electrons. The predicted octanol–water partition coefficient (Wildman–Crippen LogP) is 1.45. The van der Waals surface area contributed by atoms with E-state index in [-0.39, 0.29) is 0 Å². The highest BCUT2D eigenvalue weighted by Crippen LogP contribution is 2.16. The maximum atomic E-state index is 8.69. The summed E-state index contributed by atoms with van der Waals surface area (Å²) in [5, 5.41) is 15.7. The molecule has 0 atom stereocenters. The Labute approximate surface area is 70.9 Å². The Morgan fingerprint density at radius 1 is 1.58 bits per heavy atom. The second-order valence-electron chi connectivity index (χ2n) is 2.57. The summed E-state index contributed by atoms with van der Waals surface area (Å²) in [5.41, 5.74) is 8.00. The highest BCUT2D eigenvalue weighted by Gasteiger charge is 2.03. The first-order chi connectivity index (χ1) is 5.69. The molecule has 0 fully saturated rings. The van der Waals surface area contributed by atoms with Crippen LogP contribution >= 0.6 is 0 Å². The molecule has 12 heavy (non-hydrogen) atoms. The molecule has 0 amide bonds. The van der Waals surface area contributed by atoms with E-state index in [4.69, 9.17) is 16.4 Å². The lowest BCUT2D eigenvalue weighted by Crippen LogP contribution is -1.97. The van der Waals surface area contributed by atoms with Gasteiger partial charge in [0.15, 0.2) is 0 Å². The fourth-order valence-corrected chi connectivity index (χ4v) is 1.08. The summed E-state index contributed by atoms with van der Waals surface area (Å²) in [6.07, 6.45) is 1.10. The maximum Gasteiger partial charge on any atom is 0.0999 e. The number of nitriles is 1. The van der Waals surface area contributed by atoms with Crippen molar-refractivity contribution in [1.29, 1.82) is 10.7 Å². The van der Waals surface area contributed by atoms with Gasteiger partial charge in [0, 0.05) is 17.5 Å². The SMILES string of the molecule is Cc1cc(N)c(C=N)c(C#N)c1. The number of hydrogen-bond acceptors (Lipinski definition) is 3. The Morgan fingerprint density at radius 3 is 2.75 bits per heavy atom. The van der Waals surface area contributed by atoms with Gasteiger partial charge in [0.05, 0.1) is 11.6 Å². The lowest BCUT2D eigenvalue weighted by atomic mass is 10.0. The molecular weight excluding hydrogens is 150 g/mol. The van der Waals surface area contributed by atoms with Crippen LogP contribution in [0, 0.1) is 23.7 Å². The number of nitrogens with one attached hydrogen (secondary N) is 1. The molecule has 0 aliphatic carbocycles. The van der Waals surface area contributed by atoms with E-state index in [0.29, 0.717) is 16.8 Å². The van der Waals surface area contributed by atoms with E-state index < -0.39 is 0 Å². The quantitative estimate of drug-likeness (QED) is 0.480. The molecule has 3 N–H and O–H groups in total. The van der Waals surface area contributed by atoms with Gasteiger partial charge in [-0.05, 0) is 24.6 Å². The van der Waals surface area contributed by atoms with Crippen LogP contribution in [0.15, 0.2) is 12.1 Å². The molecule has 3 heteroatoms. The van der Waals surface area contributed by atoms with E-state index >= 15 is 0 Å². The smallest absolute Gasteiger partial charge is 0.0999 e. The molecule has 0 aliphatic rings. The number of hydrogen-bond donors (Lipinski definition) is 2. The first kappa shape index (κ1) is 8.28. The summed E-state index contributed by atoms with van der Waals surface area (Å²) in [7, 11) is 0. The molecule has 1 aromatic carbocycles. The largest absolute Gasteiger partial charge is 0.398 e. The third-order valence-electron chi connectivity index (χ3n) is 1.62. The van der Waals surface area contributed by atoms with Gasteiger partial charge in [-0.25, -0.2) is 0 Å². The second-order valence-corrected chi connectivity index (χ2v) is 2.57. The zero-order valence-corrected chi connectivity index (χ0v) is 6.76. The molecule has 1 rings (SSSR count). The molecule has 0 saturated carbocycles. The zero-order chi connectivity index (χ0) is 9.14. The molecule has 0 aliphatic heterocycles. The molecular formula is C9H9N3. The van der Waals surface area contributed by atoms with Gasteiger partial charge in [0.2, 0.25) is 0 Å². The Balaban J connectivity index is 3.46. The summed E-state index contributed by atoms with van der Waals surface area (Å²) in [5.74, 6) is 0. The van der Waals surface area contributed by atoms with Crippen LogP contribution in [0.3, 0.4) is 0 Å². The van der Waals surface area contributed by atoms with Gasteiger partial charge in [0.25, 0.3) is 0 Å². The first-order valence-electron chi connectivity index (χ1n) is 3.49. The highest BCUT2D eigenvalue weighted by molar-refractivity contribution is 5.88. The number of nitrogens with two attached hydrogens (primary N) is 1. The number of nitrogens with zero attached hydrogens (tertiary/aromatic N) is 1. The molecule has 3 nitrogen and oxygen atoms in total. The van der Waals surface area contributed by atoms with Gasteiger partial charge >= 0.3 is 0 Å². The number of nitrogen functional groups attached to an aromatic ring is 1. The average molecular weight is 159 g/mol. The Kier molecular flexibility index (Phi) is 2.11. The van der Waals surface area contributed by atoms with Crippen LogP contribution in [-0.4, -0.2) is 6.21 Å². The van der Waals surface area contributed by atoms with Crippen LogP contribution in [-0.2, 0) is 0 Å². The van der Waals surface area contributed by atoms with Crippen molar-refractivity contribution in [2.75, 3.05) is 5.73 Å². The van der Waals surface area contributed by atoms with E-state index in [9.17, 15) is 0 Å². The standard InChI is InChI=1S/C9H9N3/c1-6-2-7(4-10)8(5-11)9(12)3-6/h2-3,5,11H,12H2,1H3. The van der Waals surface area contributed by atoms with Gasteiger partial charge < -0.3 is 11.1 Å². The lowest BCUT2D eigenvalue weighted by Gasteiger charge is -2.02. The van der Waals surface area contributed by atoms with E-state index in [2.05, 4.69) is 0 Å². The summed E-state index contributed by atoms with van der Waals surface area (Å²) < 4.78 is 0. The van der Waals surface area contributed by atoms with Crippen LogP contribution in [0.1, 0.15) is 16.7 Å². The summed E-state index contributed by atoms with van der Waals surface area (Å²) in [4.78, 5) is 0. The zero-order valence-electron chi connectivity index (χ0n) is 6.76. The lowest BCUT2D eigenvalue weighted by molar-refractivity contribution is 1.40. The van der Waals surface area contributed by atoms with Crippen LogP contribution in [0.2, 0.25) is 0 Å². The van der Waals surface area contributed by atoms with Crippen molar-refractivity contribution in [3.63, 3.8) is 0 Å². The normalized spacial score (nSPS) is 9.00. The summed E-state index contributed by atoms with van der Waals surface area (Å²) >= 11 is 0. The molecule has 0 unspecified atom stereocenters. The van der Waals surface area contributed by atoms with Crippen molar-refractivity contribution in [1.82, 2.24) is 0 Å². The van der Waals surface area contributed by atoms with Crippen LogP contribution in [0.25, 0.3) is 0 Å². The number of aryl methyl sites for hydroxylation is 1. The number of rotatable bonds is 1. The fraction of sp³-hybridized carbons (Fsp3) is 0.111. The van der Waals surface area contributed by atoms with Crippen LogP contribution in [0.5, 0.6) is 0 Å². The van der Waals surface area contributed by atoms with Gasteiger partial charge in [-0.2, -0.15) is 5.26 Å². The topological polar surface area (TPSA) is 73.7 Å². The molecule has 0 spiro atoms.